The molecule has 0 unspecified atom stereocenters. The Morgan fingerprint density at radius 3 is 2.20 bits per heavy atom. The summed E-state index contributed by atoms with van der Waals surface area (Å²) >= 11 is 0. The number of H-pyrrole nitrogens is 1. The maximum absolute atomic E-state index is 11.0. The molecule has 7 nitrogen and oxygen atoms in total. The number of aliphatic carboxylic acids is 1. The lowest BCUT2D eigenvalue weighted by Crippen LogP contribution is -2.21. The van der Waals surface area contributed by atoms with Crippen LogP contribution < -0.4 is 0 Å². The van der Waals surface area contributed by atoms with Crippen molar-refractivity contribution < 1.29 is 33.0 Å². The molecule has 2 aromatic rings. The molecule has 1 aromatic heterocycles. The zero-order valence-electron chi connectivity index (χ0n) is 12.8. The maximum atomic E-state index is 11.0. The summed E-state index contributed by atoms with van der Waals surface area (Å²) in [6.45, 7) is 0. The fourth-order valence-electron chi connectivity index (χ4n) is 2.46. The van der Waals surface area contributed by atoms with Crippen LogP contribution in [0.4, 0.5) is 13.2 Å². The Morgan fingerprint density at radius 1 is 1.04 bits per heavy atom. The van der Waals surface area contributed by atoms with E-state index >= 15 is 0 Å². The summed E-state index contributed by atoms with van der Waals surface area (Å²) in [6, 6.07) is 6.04. The summed E-state index contributed by atoms with van der Waals surface area (Å²) in [5.74, 6) is -3.82. The Kier molecular flexibility index (Phi) is 5.40. The lowest BCUT2D eigenvalue weighted by atomic mass is 9.90. The van der Waals surface area contributed by atoms with E-state index in [2.05, 4.69) is 21.5 Å². The standard InChI is InChI=1S/C13H13N3O2.C2HF3O2/c17-13(18)12-11(14-16-15-12)10-6-5-8-3-1-2-4-9(8)7-10;3-2(4,5)1(6)7/h5-7H,1-4H2,(H,17,18)(H,14,15,16);(H,6,7). The predicted octanol–water partition coefficient (Wildman–Crippen LogP) is 2.68. The summed E-state index contributed by atoms with van der Waals surface area (Å²) in [5.41, 5.74) is 3.88. The van der Waals surface area contributed by atoms with Gasteiger partial charge in [0.05, 0.1) is 0 Å². The van der Waals surface area contributed by atoms with E-state index in [1.54, 1.807) is 0 Å². The highest BCUT2D eigenvalue weighted by Gasteiger charge is 2.38. The number of carboxylic acids is 2. The molecule has 0 amide bonds. The normalized spacial score (nSPS) is 13.4. The van der Waals surface area contributed by atoms with E-state index in [4.69, 9.17) is 15.0 Å². The molecule has 1 heterocycles. The van der Waals surface area contributed by atoms with Gasteiger partial charge in [-0.25, -0.2) is 9.59 Å². The second-order valence-electron chi connectivity index (χ2n) is 5.32. The van der Waals surface area contributed by atoms with Crippen molar-refractivity contribution in [1.29, 1.82) is 0 Å². The second kappa shape index (κ2) is 7.32. The first-order valence-corrected chi connectivity index (χ1v) is 7.26. The van der Waals surface area contributed by atoms with Gasteiger partial charge in [0.1, 0.15) is 5.69 Å². The van der Waals surface area contributed by atoms with E-state index in [-0.39, 0.29) is 5.69 Å². The van der Waals surface area contributed by atoms with Gasteiger partial charge in [-0.2, -0.15) is 23.5 Å². The Bertz CT molecular complexity index is 787. The average Bonchev–Trinajstić information content (AvgIpc) is 3.04. The van der Waals surface area contributed by atoms with Gasteiger partial charge >= 0.3 is 18.1 Å². The number of aromatic amines is 1. The van der Waals surface area contributed by atoms with Crippen molar-refractivity contribution in [2.45, 2.75) is 31.9 Å². The first kappa shape index (κ1) is 18.4. The molecule has 0 aliphatic heterocycles. The highest BCUT2D eigenvalue weighted by atomic mass is 19.4. The molecule has 10 heteroatoms. The smallest absolute Gasteiger partial charge is 0.476 e. The number of aromatic nitrogens is 3. The number of carbonyl (C=O) groups is 2. The van der Waals surface area contributed by atoms with Crippen LogP contribution in [0.3, 0.4) is 0 Å². The van der Waals surface area contributed by atoms with Gasteiger partial charge in [0.15, 0.2) is 5.69 Å². The van der Waals surface area contributed by atoms with Gasteiger partial charge in [0.2, 0.25) is 0 Å². The van der Waals surface area contributed by atoms with Gasteiger partial charge in [0, 0.05) is 5.56 Å². The highest BCUT2D eigenvalue weighted by molar-refractivity contribution is 5.92. The van der Waals surface area contributed by atoms with Crippen LogP contribution in [0.1, 0.15) is 34.5 Å². The van der Waals surface area contributed by atoms with Crippen molar-refractivity contribution in [1.82, 2.24) is 15.4 Å². The van der Waals surface area contributed by atoms with E-state index < -0.39 is 18.1 Å². The van der Waals surface area contributed by atoms with E-state index in [1.807, 2.05) is 12.1 Å². The number of benzene rings is 1. The molecule has 134 valence electrons. The number of nitrogens with zero attached hydrogens (tertiary/aromatic N) is 2. The van der Waals surface area contributed by atoms with Crippen molar-refractivity contribution in [3.8, 4) is 11.3 Å². The van der Waals surface area contributed by atoms with Crippen LogP contribution in [-0.2, 0) is 17.6 Å². The largest absolute Gasteiger partial charge is 0.490 e. The number of hydrogen-bond acceptors (Lipinski definition) is 4. The minimum absolute atomic E-state index is 0.0224. The quantitative estimate of drug-likeness (QED) is 0.761. The first-order valence-electron chi connectivity index (χ1n) is 7.26. The molecule has 0 bridgehead atoms. The SMILES string of the molecule is O=C(O)C(F)(F)F.O=C(O)c1n[nH]nc1-c1ccc2c(c1)CCCC2. The number of aryl methyl sites for hydroxylation is 2. The molecular weight excluding hydrogens is 343 g/mol. The highest BCUT2D eigenvalue weighted by Crippen LogP contribution is 2.27. The van der Waals surface area contributed by atoms with Gasteiger partial charge in [-0.3, -0.25) is 0 Å². The molecule has 1 aromatic carbocycles. The first-order chi connectivity index (χ1) is 11.7. The minimum atomic E-state index is -5.08. The lowest BCUT2D eigenvalue weighted by molar-refractivity contribution is -0.192. The monoisotopic (exact) mass is 357 g/mol. The fourth-order valence-corrected chi connectivity index (χ4v) is 2.46. The molecule has 0 fully saturated rings. The van der Waals surface area contributed by atoms with Crippen LogP contribution in [0.25, 0.3) is 11.3 Å². The lowest BCUT2D eigenvalue weighted by Gasteiger charge is -2.16. The molecule has 1 aliphatic carbocycles. The summed E-state index contributed by atoms with van der Waals surface area (Å²) in [7, 11) is 0. The van der Waals surface area contributed by atoms with Gasteiger partial charge < -0.3 is 10.2 Å². The molecule has 3 N–H and O–H groups in total. The van der Waals surface area contributed by atoms with Crippen LogP contribution in [0.15, 0.2) is 18.2 Å². The summed E-state index contributed by atoms with van der Waals surface area (Å²) in [6.07, 6.45) is -0.485. The number of rotatable bonds is 2. The number of hydrogen-bond donors (Lipinski definition) is 3. The third kappa shape index (κ3) is 4.55. The van der Waals surface area contributed by atoms with E-state index in [9.17, 15) is 18.0 Å². The van der Waals surface area contributed by atoms with E-state index in [1.165, 1.54) is 24.0 Å². The van der Waals surface area contributed by atoms with Gasteiger partial charge in [-0.1, -0.05) is 12.1 Å². The van der Waals surface area contributed by atoms with Crippen LogP contribution in [0.2, 0.25) is 0 Å². The molecule has 0 radical (unpaired) electrons. The zero-order valence-corrected chi connectivity index (χ0v) is 12.8. The van der Waals surface area contributed by atoms with Crippen LogP contribution in [-0.4, -0.2) is 43.7 Å². The van der Waals surface area contributed by atoms with Crippen LogP contribution in [0, 0.1) is 0 Å². The summed E-state index contributed by atoms with van der Waals surface area (Å²) in [4.78, 5) is 19.9. The number of fused-ring (bicyclic) bond motifs is 1. The molecule has 0 atom stereocenters. The Balaban J connectivity index is 0.000000277. The Labute approximate surface area is 139 Å². The molecule has 3 rings (SSSR count). The number of alkyl halides is 3. The summed E-state index contributed by atoms with van der Waals surface area (Å²) in [5, 5.41) is 26.1. The maximum Gasteiger partial charge on any atom is 0.490 e. The van der Waals surface area contributed by atoms with Crippen molar-refractivity contribution in [2.75, 3.05) is 0 Å². The van der Waals surface area contributed by atoms with Crippen molar-refractivity contribution in [3.05, 3.63) is 35.0 Å². The number of carboxylic acid groups (broad SMARTS) is 2. The number of aromatic carboxylic acids is 1. The molecule has 0 saturated carbocycles. The van der Waals surface area contributed by atoms with Crippen LogP contribution in [0.5, 0.6) is 0 Å². The van der Waals surface area contributed by atoms with Crippen molar-refractivity contribution in [2.24, 2.45) is 0 Å². The Morgan fingerprint density at radius 2 is 1.64 bits per heavy atom. The average molecular weight is 357 g/mol. The fraction of sp³-hybridized carbons (Fsp3) is 0.333. The van der Waals surface area contributed by atoms with Crippen LogP contribution >= 0.6 is 0 Å². The predicted molar refractivity (Wildman–Crippen MR) is 79.1 cm³/mol. The van der Waals surface area contributed by atoms with Gasteiger partial charge in [0.25, 0.3) is 0 Å². The molecule has 1 aliphatic rings. The zero-order chi connectivity index (χ0) is 18.6. The van der Waals surface area contributed by atoms with Gasteiger partial charge in [-0.15, -0.1) is 5.10 Å². The second-order valence-corrected chi connectivity index (χ2v) is 5.32. The summed E-state index contributed by atoms with van der Waals surface area (Å²) < 4.78 is 31.7. The minimum Gasteiger partial charge on any atom is -0.476 e. The third-order valence-corrected chi connectivity index (χ3v) is 3.61. The van der Waals surface area contributed by atoms with Crippen molar-refractivity contribution >= 4 is 11.9 Å². The number of halogens is 3. The Hall–Kier alpha value is -2.91. The molecular formula is C15H14F3N3O4. The molecule has 0 spiro atoms. The number of nitrogens with one attached hydrogen (secondary N) is 1. The molecule has 25 heavy (non-hydrogen) atoms. The van der Waals surface area contributed by atoms with Gasteiger partial charge in [-0.05, 0) is 42.9 Å². The molecule has 0 saturated heterocycles. The van der Waals surface area contributed by atoms with E-state index in [0.29, 0.717) is 5.69 Å². The van der Waals surface area contributed by atoms with Crippen molar-refractivity contribution in [3.63, 3.8) is 0 Å². The van der Waals surface area contributed by atoms with E-state index in [0.717, 1.165) is 18.4 Å². The third-order valence-electron chi connectivity index (χ3n) is 3.61. The topological polar surface area (TPSA) is 116 Å².